The fourth-order valence-electron chi connectivity index (χ4n) is 2.11. The monoisotopic (exact) mass is 263 g/mol. The van der Waals surface area contributed by atoms with Gasteiger partial charge in [0.15, 0.2) is 0 Å². The molecular formula is C11H25N3O2S. The molecule has 1 aliphatic rings. The lowest BCUT2D eigenvalue weighted by molar-refractivity contribution is 0.326. The van der Waals surface area contributed by atoms with Gasteiger partial charge in [0.25, 0.3) is 10.2 Å². The predicted molar refractivity (Wildman–Crippen MR) is 69.8 cm³/mol. The lowest BCUT2D eigenvalue weighted by atomic mass is 9.88. The number of rotatable bonds is 6. The van der Waals surface area contributed by atoms with Crippen molar-refractivity contribution in [1.82, 2.24) is 9.03 Å². The van der Waals surface area contributed by atoms with Gasteiger partial charge in [-0.3, -0.25) is 0 Å². The molecule has 0 saturated heterocycles. The summed E-state index contributed by atoms with van der Waals surface area (Å²) in [6.07, 6.45) is 4.81. The van der Waals surface area contributed by atoms with Crippen LogP contribution in [0.25, 0.3) is 0 Å². The molecule has 6 heteroatoms. The van der Waals surface area contributed by atoms with E-state index in [1.54, 1.807) is 7.05 Å². The quantitative estimate of drug-likeness (QED) is 0.740. The molecule has 1 saturated carbocycles. The van der Waals surface area contributed by atoms with Crippen LogP contribution in [0.5, 0.6) is 0 Å². The standard InChI is InChI=1S/C11H25N3O2S/c1-10-4-6-11(7-5-10)13-17(15,16)14(2)9-3-8-12/h10-11,13H,3-9,12H2,1-2H3. The van der Waals surface area contributed by atoms with E-state index in [4.69, 9.17) is 5.73 Å². The molecule has 1 fully saturated rings. The van der Waals surface area contributed by atoms with E-state index in [0.717, 1.165) is 31.6 Å². The van der Waals surface area contributed by atoms with Crippen LogP contribution in [0.3, 0.4) is 0 Å². The van der Waals surface area contributed by atoms with E-state index in [2.05, 4.69) is 11.6 Å². The van der Waals surface area contributed by atoms with Crippen LogP contribution in [-0.4, -0.2) is 38.9 Å². The fraction of sp³-hybridized carbons (Fsp3) is 1.00. The van der Waals surface area contributed by atoms with Crippen molar-refractivity contribution in [1.29, 1.82) is 0 Å². The minimum absolute atomic E-state index is 0.108. The zero-order chi connectivity index (χ0) is 12.9. The van der Waals surface area contributed by atoms with E-state index < -0.39 is 10.2 Å². The van der Waals surface area contributed by atoms with Crippen LogP contribution in [0.15, 0.2) is 0 Å². The van der Waals surface area contributed by atoms with Crippen LogP contribution >= 0.6 is 0 Å². The van der Waals surface area contributed by atoms with Gasteiger partial charge in [-0.1, -0.05) is 6.92 Å². The van der Waals surface area contributed by atoms with Gasteiger partial charge in [-0.05, 0) is 44.6 Å². The van der Waals surface area contributed by atoms with Crippen LogP contribution in [-0.2, 0) is 10.2 Å². The Kier molecular flexibility index (Phi) is 5.85. The molecule has 17 heavy (non-hydrogen) atoms. The summed E-state index contributed by atoms with van der Waals surface area (Å²) in [6.45, 7) is 3.22. The zero-order valence-electron chi connectivity index (χ0n) is 10.9. The summed E-state index contributed by atoms with van der Waals surface area (Å²) in [5.41, 5.74) is 5.38. The lowest BCUT2D eigenvalue weighted by Crippen LogP contribution is -2.45. The van der Waals surface area contributed by atoms with Crippen molar-refractivity contribution in [2.45, 2.75) is 45.1 Å². The van der Waals surface area contributed by atoms with Gasteiger partial charge in [-0.25, -0.2) is 0 Å². The third kappa shape index (κ3) is 4.91. The van der Waals surface area contributed by atoms with Crippen LogP contribution in [0, 0.1) is 5.92 Å². The summed E-state index contributed by atoms with van der Waals surface area (Å²) < 4.78 is 28.1. The second-order valence-corrected chi connectivity index (χ2v) is 6.85. The number of nitrogens with zero attached hydrogens (tertiary/aromatic N) is 1. The van der Waals surface area contributed by atoms with Gasteiger partial charge >= 0.3 is 0 Å². The Labute approximate surface area is 105 Å². The topological polar surface area (TPSA) is 75.4 Å². The maximum absolute atomic E-state index is 12.0. The molecule has 0 radical (unpaired) electrons. The second-order valence-electron chi connectivity index (χ2n) is 5.04. The Morgan fingerprint density at radius 1 is 1.29 bits per heavy atom. The third-order valence-electron chi connectivity index (χ3n) is 3.42. The molecular weight excluding hydrogens is 238 g/mol. The Morgan fingerprint density at radius 3 is 2.41 bits per heavy atom. The highest BCUT2D eigenvalue weighted by molar-refractivity contribution is 7.87. The zero-order valence-corrected chi connectivity index (χ0v) is 11.7. The predicted octanol–water partition coefficient (Wildman–Crippen LogP) is 0.680. The molecule has 0 amide bonds. The Hall–Kier alpha value is -0.170. The van der Waals surface area contributed by atoms with Crippen molar-refractivity contribution in [3.8, 4) is 0 Å². The van der Waals surface area contributed by atoms with Crippen LogP contribution in [0.1, 0.15) is 39.0 Å². The molecule has 0 aromatic rings. The highest BCUT2D eigenvalue weighted by atomic mass is 32.2. The van der Waals surface area contributed by atoms with Gasteiger partial charge in [0.05, 0.1) is 0 Å². The van der Waals surface area contributed by atoms with Crippen molar-refractivity contribution < 1.29 is 8.42 Å². The normalized spacial score (nSPS) is 26.4. The van der Waals surface area contributed by atoms with E-state index in [1.165, 1.54) is 4.31 Å². The molecule has 0 aromatic heterocycles. The minimum Gasteiger partial charge on any atom is -0.330 e. The average Bonchev–Trinajstić information content (AvgIpc) is 2.28. The number of hydrogen-bond donors (Lipinski definition) is 2. The van der Waals surface area contributed by atoms with Crippen LogP contribution in [0.4, 0.5) is 0 Å². The number of nitrogens with two attached hydrogens (primary N) is 1. The summed E-state index contributed by atoms with van der Waals surface area (Å²) in [4.78, 5) is 0. The van der Waals surface area contributed by atoms with Gasteiger partial charge in [0.2, 0.25) is 0 Å². The summed E-state index contributed by atoms with van der Waals surface area (Å²) in [5, 5.41) is 0. The number of hydrogen-bond acceptors (Lipinski definition) is 3. The van der Waals surface area contributed by atoms with E-state index in [0.29, 0.717) is 19.5 Å². The van der Waals surface area contributed by atoms with Crippen molar-refractivity contribution >= 4 is 10.2 Å². The molecule has 1 aliphatic carbocycles. The molecule has 0 bridgehead atoms. The van der Waals surface area contributed by atoms with Crippen LogP contribution in [0.2, 0.25) is 0 Å². The maximum Gasteiger partial charge on any atom is 0.279 e. The summed E-state index contributed by atoms with van der Waals surface area (Å²) in [6, 6.07) is 0.108. The molecule has 5 nitrogen and oxygen atoms in total. The molecule has 0 aromatic carbocycles. The SMILES string of the molecule is CC1CCC(NS(=O)(=O)N(C)CCCN)CC1. The lowest BCUT2D eigenvalue weighted by Gasteiger charge is -2.28. The second kappa shape index (κ2) is 6.68. The van der Waals surface area contributed by atoms with E-state index in [-0.39, 0.29) is 6.04 Å². The molecule has 0 unspecified atom stereocenters. The molecule has 0 atom stereocenters. The first kappa shape index (κ1) is 14.9. The first-order valence-corrected chi connectivity index (χ1v) is 7.83. The molecule has 0 aliphatic heterocycles. The van der Waals surface area contributed by atoms with Crippen molar-refractivity contribution in [3.05, 3.63) is 0 Å². The van der Waals surface area contributed by atoms with E-state index in [9.17, 15) is 8.42 Å². The smallest absolute Gasteiger partial charge is 0.279 e. The van der Waals surface area contributed by atoms with Crippen molar-refractivity contribution in [2.24, 2.45) is 11.7 Å². The van der Waals surface area contributed by atoms with Crippen molar-refractivity contribution in [2.75, 3.05) is 20.1 Å². The highest BCUT2D eigenvalue weighted by Gasteiger charge is 2.25. The van der Waals surface area contributed by atoms with Crippen molar-refractivity contribution in [3.63, 3.8) is 0 Å². The summed E-state index contributed by atoms with van der Waals surface area (Å²) in [5.74, 6) is 0.728. The third-order valence-corrected chi connectivity index (χ3v) is 5.05. The molecule has 0 spiro atoms. The largest absolute Gasteiger partial charge is 0.330 e. The van der Waals surface area contributed by atoms with E-state index >= 15 is 0 Å². The fourth-order valence-corrected chi connectivity index (χ4v) is 3.32. The first-order valence-electron chi connectivity index (χ1n) is 6.39. The summed E-state index contributed by atoms with van der Waals surface area (Å²) >= 11 is 0. The van der Waals surface area contributed by atoms with Gasteiger partial charge in [0.1, 0.15) is 0 Å². The van der Waals surface area contributed by atoms with E-state index in [1.807, 2.05) is 0 Å². The molecule has 1 rings (SSSR count). The number of nitrogens with one attached hydrogen (secondary N) is 1. The Bertz CT molecular complexity index is 311. The van der Waals surface area contributed by atoms with Gasteiger partial charge in [0, 0.05) is 19.6 Å². The Balaban J connectivity index is 2.43. The van der Waals surface area contributed by atoms with Gasteiger partial charge in [-0.15, -0.1) is 0 Å². The molecule has 0 heterocycles. The first-order chi connectivity index (χ1) is 7.95. The maximum atomic E-state index is 12.0. The Morgan fingerprint density at radius 2 is 1.88 bits per heavy atom. The van der Waals surface area contributed by atoms with Crippen LogP contribution < -0.4 is 10.5 Å². The minimum atomic E-state index is -3.32. The molecule has 3 N–H and O–H groups in total. The summed E-state index contributed by atoms with van der Waals surface area (Å²) in [7, 11) is -1.72. The highest BCUT2D eigenvalue weighted by Crippen LogP contribution is 2.24. The van der Waals surface area contributed by atoms with Gasteiger partial charge < -0.3 is 5.73 Å². The molecule has 102 valence electrons. The van der Waals surface area contributed by atoms with Gasteiger partial charge in [-0.2, -0.15) is 17.4 Å². The average molecular weight is 263 g/mol.